The molecule has 1 aliphatic rings. The molecule has 0 saturated heterocycles. The summed E-state index contributed by atoms with van der Waals surface area (Å²) in [5.41, 5.74) is 9.56. The van der Waals surface area contributed by atoms with E-state index < -0.39 is 0 Å². The number of fused-ring (bicyclic) bond motifs is 1. The van der Waals surface area contributed by atoms with E-state index >= 15 is 0 Å². The fourth-order valence-electron chi connectivity index (χ4n) is 3.47. The average Bonchev–Trinajstić information content (AvgIpc) is 2.76. The number of nitrogens with zero attached hydrogens (tertiary/aromatic N) is 2. The van der Waals surface area contributed by atoms with E-state index in [1.165, 1.54) is 43.2 Å². The molecule has 3 nitrogen and oxygen atoms in total. The number of hydrogen-bond acceptors (Lipinski definition) is 2. The molecule has 0 radical (unpaired) electrons. The van der Waals surface area contributed by atoms with Gasteiger partial charge in [0, 0.05) is 6.54 Å². The Kier molecular flexibility index (Phi) is 3.68. The van der Waals surface area contributed by atoms with Gasteiger partial charge in [-0.3, -0.25) is 0 Å². The monoisotopic (exact) mass is 271 g/mol. The summed E-state index contributed by atoms with van der Waals surface area (Å²) < 4.78 is 2.19. The Labute approximate surface area is 121 Å². The predicted molar refractivity (Wildman–Crippen MR) is 84.6 cm³/mol. The number of imidazole rings is 1. The number of aromatic nitrogens is 2. The summed E-state index contributed by atoms with van der Waals surface area (Å²) in [5, 5.41) is 0. The molecule has 1 fully saturated rings. The van der Waals surface area contributed by atoms with Crippen LogP contribution < -0.4 is 5.73 Å². The predicted octanol–water partition coefficient (Wildman–Crippen LogP) is 4.14. The van der Waals surface area contributed by atoms with Gasteiger partial charge in [0.1, 0.15) is 0 Å². The third-order valence-electron chi connectivity index (χ3n) is 4.91. The van der Waals surface area contributed by atoms with Crippen molar-refractivity contribution in [1.82, 2.24) is 9.55 Å². The Bertz CT molecular complexity index is 592. The van der Waals surface area contributed by atoms with Gasteiger partial charge in [-0.1, -0.05) is 44.7 Å². The summed E-state index contributed by atoms with van der Waals surface area (Å²) in [6.07, 6.45) is 6.78. The van der Waals surface area contributed by atoms with Gasteiger partial charge in [0.2, 0.25) is 5.95 Å². The summed E-state index contributed by atoms with van der Waals surface area (Å²) >= 11 is 0. The molecule has 0 bridgehead atoms. The minimum Gasteiger partial charge on any atom is -0.369 e. The highest BCUT2D eigenvalue weighted by Gasteiger charge is 2.19. The second kappa shape index (κ2) is 5.47. The topological polar surface area (TPSA) is 43.8 Å². The van der Waals surface area contributed by atoms with Crippen molar-refractivity contribution in [3.8, 4) is 0 Å². The van der Waals surface area contributed by atoms with Crippen molar-refractivity contribution in [2.45, 2.75) is 52.5 Å². The van der Waals surface area contributed by atoms with E-state index in [0.29, 0.717) is 5.95 Å². The van der Waals surface area contributed by atoms with Crippen molar-refractivity contribution in [2.24, 2.45) is 11.8 Å². The molecule has 1 aromatic heterocycles. The van der Waals surface area contributed by atoms with Crippen molar-refractivity contribution < 1.29 is 0 Å². The van der Waals surface area contributed by atoms with Crippen LogP contribution in [0.3, 0.4) is 0 Å². The van der Waals surface area contributed by atoms with Crippen molar-refractivity contribution in [2.75, 3.05) is 5.73 Å². The summed E-state index contributed by atoms with van der Waals surface area (Å²) in [4.78, 5) is 4.53. The molecule has 20 heavy (non-hydrogen) atoms. The van der Waals surface area contributed by atoms with Crippen molar-refractivity contribution in [3.05, 3.63) is 23.8 Å². The molecule has 0 aliphatic heterocycles. The Morgan fingerprint density at radius 2 is 2.00 bits per heavy atom. The molecule has 1 aromatic carbocycles. The molecular formula is C17H25N3. The average molecular weight is 271 g/mol. The van der Waals surface area contributed by atoms with Gasteiger partial charge in [0.15, 0.2) is 0 Å². The minimum atomic E-state index is 0.665. The first kappa shape index (κ1) is 13.5. The van der Waals surface area contributed by atoms with Crippen LogP contribution in [0.15, 0.2) is 18.2 Å². The zero-order valence-electron chi connectivity index (χ0n) is 12.6. The number of hydrogen-bond donors (Lipinski definition) is 1. The minimum absolute atomic E-state index is 0.665. The van der Waals surface area contributed by atoms with Crippen molar-refractivity contribution in [3.63, 3.8) is 0 Å². The smallest absolute Gasteiger partial charge is 0.201 e. The first-order valence-corrected chi connectivity index (χ1v) is 7.86. The maximum Gasteiger partial charge on any atom is 0.201 e. The highest BCUT2D eigenvalue weighted by Crippen LogP contribution is 2.31. The molecule has 1 saturated carbocycles. The van der Waals surface area contributed by atoms with Crippen LogP contribution in [0.4, 0.5) is 5.95 Å². The standard InChI is InChI=1S/C17H25N3/c1-12-6-8-14(9-7-12)10-11-20-15-5-3-4-13(2)16(15)19-17(20)18/h3-5,12,14H,6-11H2,1-2H3,(H2,18,19). The Morgan fingerprint density at radius 1 is 1.25 bits per heavy atom. The molecule has 108 valence electrons. The van der Waals surface area contributed by atoms with Gasteiger partial charge >= 0.3 is 0 Å². The van der Waals surface area contributed by atoms with Crippen LogP contribution in [-0.4, -0.2) is 9.55 Å². The third-order valence-corrected chi connectivity index (χ3v) is 4.91. The van der Waals surface area contributed by atoms with Gasteiger partial charge in [-0.2, -0.15) is 0 Å². The molecule has 2 N–H and O–H groups in total. The number of nitrogens with two attached hydrogens (primary N) is 1. The number of nitrogen functional groups attached to an aromatic ring is 1. The number of rotatable bonds is 3. The number of para-hydroxylation sites is 1. The number of benzene rings is 1. The van der Waals surface area contributed by atoms with Crippen molar-refractivity contribution >= 4 is 17.0 Å². The summed E-state index contributed by atoms with van der Waals surface area (Å²) in [5.74, 6) is 2.46. The van der Waals surface area contributed by atoms with Gasteiger partial charge in [-0.25, -0.2) is 4.98 Å². The molecule has 3 heteroatoms. The lowest BCUT2D eigenvalue weighted by Crippen LogP contribution is -2.15. The van der Waals surface area contributed by atoms with E-state index in [0.717, 1.165) is 23.9 Å². The van der Waals surface area contributed by atoms with E-state index in [-0.39, 0.29) is 0 Å². The van der Waals surface area contributed by atoms with E-state index in [4.69, 9.17) is 5.73 Å². The largest absolute Gasteiger partial charge is 0.369 e. The van der Waals surface area contributed by atoms with Crippen LogP contribution in [0.25, 0.3) is 11.0 Å². The second-order valence-corrected chi connectivity index (χ2v) is 6.48. The molecule has 1 aliphatic carbocycles. The number of anilines is 1. The van der Waals surface area contributed by atoms with Crippen LogP contribution in [0.5, 0.6) is 0 Å². The van der Waals surface area contributed by atoms with Gasteiger partial charge in [-0.05, 0) is 36.8 Å². The third kappa shape index (κ3) is 2.54. The van der Waals surface area contributed by atoms with Gasteiger partial charge in [0.05, 0.1) is 11.0 Å². The number of aryl methyl sites for hydroxylation is 2. The second-order valence-electron chi connectivity index (χ2n) is 6.48. The quantitative estimate of drug-likeness (QED) is 0.911. The van der Waals surface area contributed by atoms with E-state index in [1.807, 2.05) is 0 Å². The van der Waals surface area contributed by atoms with E-state index in [2.05, 4.69) is 41.6 Å². The van der Waals surface area contributed by atoms with E-state index in [9.17, 15) is 0 Å². The lowest BCUT2D eigenvalue weighted by molar-refractivity contribution is 0.270. The maximum absolute atomic E-state index is 6.11. The first-order valence-electron chi connectivity index (χ1n) is 7.86. The fourth-order valence-corrected chi connectivity index (χ4v) is 3.47. The molecule has 3 rings (SSSR count). The first-order chi connectivity index (χ1) is 9.65. The molecule has 0 spiro atoms. The van der Waals surface area contributed by atoms with Crippen LogP contribution in [-0.2, 0) is 6.54 Å². The maximum atomic E-state index is 6.11. The lowest BCUT2D eigenvalue weighted by Gasteiger charge is -2.26. The Morgan fingerprint density at radius 3 is 2.75 bits per heavy atom. The highest BCUT2D eigenvalue weighted by atomic mass is 15.1. The van der Waals surface area contributed by atoms with Gasteiger partial charge in [-0.15, -0.1) is 0 Å². The SMILES string of the molecule is Cc1cccc2c1nc(N)n2CCC1CCC(C)CC1. The van der Waals surface area contributed by atoms with Gasteiger partial charge < -0.3 is 10.3 Å². The van der Waals surface area contributed by atoms with Crippen LogP contribution in [0.2, 0.25) is 0 Å². The molecular weight excluding hydrogens is 246 g/mol. The molecule has 2 aromatic rings. The van der Waals surface area contributed by atoms with Crippen molar-refractivity contribution in [1.29, 1.82) is 0 Å². The molecule has 0 amide bonds. The fraction of sp³-hybridized carbons (Fsp3) is 0.588. The zero-order valence-corrected chi connectivity index (χ0v) is 12.6. The summed E-state index contributed by atoms with van der Waals surface area (Å²) in [6.45, 7) is 5.48. The molecule has 0 atom stereocenters. The van der Waals surface area contributed by atoms with Crippen LogP contribution in [0.1, 0.15) is 44.6 Å². The van der Waals surface area contributed by atoms with Crippen LogP contribution >= 0.6 is 0 Å². The zero-order chi connectivity index (χ0) is 14.1. The van der Waals surface area contributed by atoms with Crippen LogP contribution in [0, 0.1) is 18.8 Å². The molecule has 1 heterocycles. The van der Waals surface area contributed by atoms with Gasteiger partial charge in [0.25, 0.3) is 0 Å². The normalized spacial score (nSPS) is 23.3. The Hall–Kier alpha value is -1.51. The lowest BCUT2D eigenvalue weighted by atomic mass is 9.81. The Balaban J connectivity index is 1.74. The van der Waals surface area contributed by atoms with E-state index in [1.54, 1.807) is 0 Å². The summed E-state index contributed by atoms with van der Waals surface area (Å²) in [6, 6.07) is 6.33. The highest BCUT2D eigenvalue weighted by molar-refractivity contribution is 5.81. The summed E-state index contributed by atoms with van der Waals surface area (Å²) in [7, 11) is 0. The molecule has 0 unspecified atom stereocenters.